The van der Waals surface area contributed by atoms with E-state index in [9.17, 15) is 4.79 Å². The van der Waals surface area contributed by atoms with Gasteiger partial charge in [0.25, 0.3) is 5.91 Å². The number of amides is 1. The summed E-state index contributed by atoms with van der Waals surface area (Å²) in [6, 6.07) is 9.81. The Morgan fingerprint density at radius 2 is 1.55 bits per heavy atom. The maximum atomic E-state index is 12.0. The molecule has 2 nitrogen and oxygen atoms in total. The van der Waals surface area contributed by atoms with Gasteiger partial charge in [-0.2, -0.15) is 0 Å². The summed E-state index contributed by atoms with van der Waals surface area (Å²) in [4.78, 5) is 12.0. The maximum absolute atomic E-state index is 12.0. The summed E-state index contributed by atoms with van der Waals surface area (Å²) in [5, 5.41) is 4.55. The van der Waals surface area contributed by atoms with Crippen LogP contribution >= 0.6 is 46.4 Å². The van der Waals surface area contributed by atoms with Gasteiger partial charge in [-0.25, -0.2) is 0 Å². The Morgan fingerprint density at radius 1 is 0.900 bits per heavy atom. The number of carbonyl (C=O) groups excluding carboxylic acids is 1. The van der Waals surface area contributed by atoms with E-state index in [1.807, 2.05) is 0 Å². The molecule has 0 saturated heterocycles. The molecule has 0 aromatic heterocycles. The summed E-state index contributed by atoms with van der Waals surface area (Å²) < 4.78 is 0. The molecule has 0 aliphatic rings. The van der Waals surface area contributed by atoms with Crippen molar-refractivity contribution in [3.05, 3.63) is 67.6 Å². The van der Waals surface area contributed by atoms with Crippen LogP contribution < -0.4 is 5.32 Å². The van der Waals surface area contributed by atoms with Crippen LogP contribution in [0.2, 0.25) is 20.1 Å². The van der Waals surface area contributed by atoms with Gasteiger partial charge in [-0.15, -0.1) is 0 Å². The Bertz CT molecular complexity index is 637. The van der Waals surface area contributed by atoms with Crippen LogP contribution in [0, 0.1) is 0 Å². The van der Waals surface area contributed by atoms with Crippen LogP contribution in [0.4, 0.5) is 0 Å². The second-order valence-corrected chi connectivity index (χ2v) is 5.78. The molecule has 6 heteroatoms. The lowest BCUT2D eigenvalue weighted by Gasteiger charge is -2.07. The molecule has 0 unspecified atom stereocenters. The van der Waals surface area contributed by atoms with Crippen molar-refractivity contribution >= 4 is 52.3 Å². The van der Waals surface area contributed by atoms with E-state index in [-0.39, 0.29) is 5.91 Å². The minimum Gasteiger partial charge on any atom is -0.348 e. The third kappa shape index (κ3) is 4.03. The van der Waals surface area contributed by atoms with Crippen LogP contribution in [0.3, 0.4) is 0 Å². The van der Waals surface area contributed by atoms with Crippen LogP contribution in [-0.2, 0) is 6.54 Å². The Labute approximate surface area is 136 Å². The highest BCUT2D eigenvalue weighted by atomic mass is 35.5. The number of carbonyl (C=O) groups is 1. The molecule has 0 spiro atoms. The Balaban J connectivity index is 2.06. The second-order valence-electron chi connectivity index (χ2n) is 4.09. The van der Waals surface area contributed by atoms with Crippen molar-refractivity contribution in [1.82, 2.24) is 5.32 Å². The van der Waals surface area contributed by atoms with Crippen molar-refractivity contribution in [3.8, 4) is 0 Å². The van der Waals surface area contributed by atoms with E-state index >= 15 is 0 Å². The Morgan fingerprint density at radius 3 is 2.15 bits per heavy atom. The second kappa shape index (κ2) is 6.68. The molecule has 0 radical (unpaired) electrons. The first-order valence-corrected chi connectivity index (χ1v) is 7.15. The minimum atomic E-state index is -0.250. The standard InChI is InChI=1S/C14H9Cl4NO/c15-10-3-8(4-11(16)6-10)7-19-14(20)9-1-2-12(17)13(18)5-9/h1-6H,7H2,(H,19,20). The van der Waals surface area contributed by atoms with Crippen molar-refractivity contribution in [1.29, 1.82) is 0 Å². The van der Waals surface area contributed by atoms with E-state index in [0.29, 0.717) is 32.2 Å². The summed E-state index contributed by atoms with van der Waals surface area (Å²) in [5.74, 6) is -0.250. The van der Waals surface area contributed by atoms with Gasteiger partial charge < -0.3 is 5.32 Å². The topological polar surface area (TPSA) is 29.1 Å². The summed E-state index contributed by atoms with van der Waals surface area (Å²) in [5.41, 5.74) is 1.25. The van der Waals surface area contributed by atoms with Crippen LogP contribution in [0.5, 0.6) is 0 Å². The highest BCUT2D eigenvalue weighted by Crippen LogP contribution is 2.23. The monoisotopic (exact) mass is 347 g/mol. The predicted molar refractivity (Wildman–Crippen MR) is 84.1 cm³/mol. The zero-order valence-corrected chi connectivity index (χ0v) is 13.1. The van der Waals surface area contributed by atoms with Crippen LogP contribution in [-0.4, -0.2) is 5.91 Å². The van der Waals surface area contributed by atoms with Crippen molar-refractivity contribution in [3.63, 3.8) is 0 Å². The first kappa shape index (κ1) is 15.5. The van der Waals surface area contributed by atoms with Gasteiger partial charge in [-0.05, 0) is 42.0 Å². The normalized spacial score (nSPS) is 10.4. The van der Waals surface area contributed by atoms with E-state index in [1.54, 1.807) is 30.3 Å². The van der Waals surface area contributed by atoms with Gasteiger partial charge in [0.15, 0.2) is 0 Å². The molecular weight excluding hydrogens is 340 g/mol. The lowest BCUT2D eigenvalue weighted by Crippen LogP contribution is -2.22. The lowest BCUT2D eigenvalue weighted by molar-refractivity contribution is 0.0951. The molecule has 1 amide bonds. The fourth-order valence-electron chi connectivity index (χ4n) is 1.63. The molecule has 0 atom stereocenters. The van der Waals surface area contributed by atoms with E-state index < -0.39 is 0 Å². The van der Waals surface area contributed by atoms with Gasteiger partial charge in [0.2, 0.25) is 0 Å². The molecular formula is C14H9Cl4NO. The summed E-state index contributed by atoms with van der Waals surface area (Å²) in [6.45, 7) is 0.319. The van der Waals surface area contributed by atoms with Gasteiger partial charge >= 0.3 is 0 Å². The molecule has 0 fully saturated rings. The fourth-order valence-corrected chi connectivity index (χ4v) is 2.50. The van der Waals surface area contributed by atoms with Gasteiger partial charge in [0.1, 0.15) is 0 Å². The molecule has 1 N–H and O–H groups in total. The number of hydrogen-bond acceptors (Lipinski definition) is 1. The largest absolute Gasteiger partial charge is 0.348 e. The lowest BCUT2D eigenvalue weighted by atomic mass is 10.2. The van der Waals surface area contributed by atoms with Crippen LogP contribution in [0.1, 0.15) is 15.9 Å². The third-order valence-electron chi connectivity index (χ3n) is 2.56. The smallest absolute Gasteiger partial charge is 0.251 e. The molecule has 2 rings (SSSR count). The Hall–Kier alpha value is -0.930. The van der Waals surface area contributed by atoms with Crippen molar-refractivity contribution in [2.24, 2.45) is 0 Å². The maximum Gasteiger partial charge on any atom is 0.251 e. The van der Waals surface area contributed by atoms with E-state index in [1.165, 1.54) is 6.07 Å². The molecule has 0 bridgehead atoms. The fraction of sp³-hybridized carbons (Fsp3) is 0.0714. The number of rotatable bonds is 3. The van der Waals surface area contributed by atoms with E-state index in [0.717, 1.165) is 5.56 Å². The highest BCUT2D eigenvalue weighted by Gasteiger charge is 2.08. The number of halogens is 4. The number of hydrogen-bond donors (Lipinski definition) is 1. The van der Waals surface area contributed by atoms with Gasteiger partial charge in [0, 0.05) is 22.2 Å². The van der Waals surface area contributed by atoms with Gasteiger partial charge in [-0.1, -0.05) is 46.4 Å². The first-order valence-electron chi connectivity index (χ1n) is 5.64. The van der Waals surface area contributed by atoms with Crippen molar-refractivity contribution in [2.75, 3.05) is 0 Å². The quantitative estimate of drug-likeness (QED) is 0.808. The van der Waals surface area contributed by atoms with Crippen molar-refractivity contribution in [2.45, 2.75) is 6.54 Å². The summed E-state index contributed by atoms with van der Waals surface area (Å²) >= 11 is 23.5. The van der Waals surface area contributed by atoms with Gasteiger partial charge in [0.05, 0.1) is 10.0 Å². The highest BCUT2D eigenvalue weighted by molar-refractivity contribution is 6.42. The third-order valence-corrected chi connectivity index (χ3v) is 3.73. The van der Waals surface area contributed by atoms with Gasteiger partial charge in [-0.3, -0.25) is 4.79 Å². The number of benzene rings is 2. The molecule has 0 aliphatic heterocycles. The molecule has 2 aromatic carbocycles. The average Bonchev–Trinajstić information content (AvgIpc) is 2.38. The molecule has 2 aromatic rings. The SMILES string of the molecule is O=C(NCc1cc(Cl)cc(Cl)c1)c1ccc(Cl)c(Cl)c1. The molecule has 0 heterocycles. The van der Waals surface area contributed by atoms with E-state index in [4.69, 9.17) is 46.4 Å². The zero-order valence-electron chi connectivity index (χ0n) is 10.1. The molecule has 20 heavy (non-hydrogen) atoms. The van der Waals surface area contributed by atoms with Crippen LogP contribution in [0.25, 0.3) is 0 Å². The van der Waals surface area contributed by atoms with Crippen molar-refractivity contribution < 1.29 is 4.79 Å². The minimum absolute atomic E-state index is 0.250. The predicted octanol–water partition coefficient (Wildman–Crippen LogP) is 5.23. The number of nitrogens with one attached hydrogen (secondary N) is 1. The zero-order chi connectivity index (χ0) is 14.7. The summed E-state index contributed by atoms with van der Waals surface area (Å²) in [7, 11) is 0. The summed E-state index contributed by atoms with van der Waals surface area (Å²) in [6.07, 6.45) is 0. The Kier molecular flexibility index (Phi) is 5.17. The molecule has 0 aliphatic carbocycles. The van der Waals surface area contributed by atoms with E-state index in [2.05, 4.69) is 5.32 Å². The van der Waals surface area contributed by atoms with Crippen LogP contribution in [0.15, 0.2) is 36.4 Å². The molecule has 104 valence electrons. The first-order chi connectivity index (χ1) is 9.45. The average molecular weight is 349 g/mol. The molecule has 0 saturated carbocycles.